The van der Waals surface area contributed by atoms with Crippen LogP contribution in [0.3, 0.4) is 0 Å². The fourth-order valence-corrected chi connectivity index (χ4v) is 2.85. The van der Waals surface area contributed by atoms with E-state index in [-0.39, 0.29) is 0 Å². The maximum atomic E-state index is 10.2. The summed E-state index contributed by atoms with van der Waals surface area (Å²) in [6.07, 6.45) is -0.547. The number of rotatable bonds is 2. The van der Waals surface area contributed by atoms with Crippen molar-refractivity contribution in [3.8, 4) is 0 Å². The fraction of sp³-hybridized carbons (Fsp3) is 0.167. The number of aryl methyl sites for hydroxylation is 1. The highest BCUT2D eigenvalue weighted by molar-refractivity contribution is 9.13. The minimum atomic E-state index is -0.547. The second kappa shape index (κ2) is 5.00. The molecular formula is C12H10Br2OS. The molecule has 0 amide bonds. The maximum absolute atomic E-state index is 10.2. The van der Waals surface area contributed by atoms with E-state index in [0.717, 1.165) is 20.1 Å². The van der Waals surface area contributed by atoms with Crippen LogP contribution in [0.4, 0.5) is 0 Å². The highest BCUT2D eigenvalue weighted by Crippen LogP contribution is 2.30. The van der Waals surface area contributed by atoms with Crippen molar-refractivity contribution >= 4 is 43.2 Å². The van der Waals surface area contributed by atoms with E-state index in [0.29, 0.717) is 0 Å². The number of hydrogen-bond donors (Lipinski definition) is 1. The summed E-state index contributed by atoms with van der Waals surface area (Å²) in [5.74, 6) is 0. The van der Waals surface area contributed by atoms with Crippen LogP contribution in [0.2, 0.25) is 0 Å². The van der Waals surface area contributed by atoms with Gasteiger partial charge in [0.15, 0.2) is 0 Å². The van der Waals surface area contributed by atoms with Gasteiger partial charge in [-0.25, -0.2) is 0 Å². The zero-order valence-electron chi connectivity index (χ0n) is 8.58. The number of benzene rings is 1. The van der Waals surface area contributed by atoms with E-state index in [1.54, 1.807) is 11.3 Å². The predicted octanol–water partition coefficient (Wildman–Crippen LogP) is 4.66. The van der Waals surface area contributed by atoms with Crippen LogP contribution in [0.25, 0.3) is 0 Å². The van der Waals surface area contributed by atoms with E-state index in [4.69, 9.17) is 0 Å². The molecule has 2 rings (SSSR count). The molecule has 1 atom stereocenters. The highest BCUT2D eigenvalue weighted by atomic mass is 79.9. The Kier molecular flexibility index (Phi) is 3.85. The molecule has 0 aliphatic heterocycles. The summed E-state index contributed by atoms with van der Waals surface area (Å²) in [6.45, 7) is 2.04. The molecule has 1 unspecified atom stereocenters. The third-order valence-electron chi connectivity index (χ3n) is 2.33. The van der Waals surface area contributed by atoms with Gasteiger partial charge < -0.3 is 5.11 Å². The Balaban J connectivity index is 2.33. The van der Waals surface area contributed by atoms with Gasteiger partial charge in [0, 0.05) is 13.8 Å². The van der Waals surface area contributed by atoms with Crippen molar-refractivity contribution in [2.75, 3.05) is 0 Å². The van der Waals surface area contributed by atoms with Crippen molar-refractivity contribution in [2.45, 2.75) is 13.0 Å². The molecule has 0 bridgehead atoms. The Morgan fingerprint density at radius 2 is 1.88 bits per heavy atom. The summed E-state index contributed by atoms with van der Waals surface area (Å²) in [5, 5.41) is 12.2. The van der Waals surface area contributed by atoms with E-state index >= 15 is 0 Å². The van der Waals surface area contributed by atoms with Crippen molar-refractivity contribution in [1.29, 1.82) is 0 Å². The van der Waals surface area contributed by atoms with E-state index < -0.39 is 6.10 Å². The molecule has 2 aromatic rings. The van der Waals surface area contributed by atoms with Crippen molar-refractivity contribution in [2.24, 2.45) is 0 Å². The van der Waals surface area contributed by atoms with Gasteiger partial charge in [-0.05, 0) is 73.5 Å². The molecule has 0 fully saturated rings. The molecular weight excluding hydrogens is 352 g/mol. The van der Waals surface area contributed by atoms with Crippen LogP contribution in [0, 0.1) is 6.92 Å². The molecule has 0 saturated heterocycles. The molecule has 1 aromatic carbocycles. The lowest BCUT2D eigenvalue weighted by molar-refractivity contribution is 0.220. The summed E-state index contributed by atoms with van der Waals surface area (Å²) in [6, 6.07) is 7.81. The SMILES string of the molecule is Cc1cc(C(O)c2ccc(Br)c(Br)c2)cs1. The minimum absolute atomic E-state index is 0.547. The monoisotopic (exact) mass is 360 g/mol. The van der Waals surface area contributed by atoms with E-state index in [2.05, 4.69) is 31.9 Å². The van der Waals surface area contributed by atoms with Crippen molar-refractivity contribution in [3.05, 3.63) is 54.6 Å². The van der Waals surface area contributed by atoms with Crippen LogP contribution in [0.1, 0.15) is 22.1 Å². The highest BCUT2D eigenvalue weighted by Gasteiger charge is 2.12. The maximum Gasteiger partial charge on any atom is 0.105 e. The largest absolute Gasteiger partial charge is 0.384 e. The Bertz CT molecular complexity index is 507. The van der Waals surface area contributed by atoms with Gasteiger partial charge in [0.05, 0.1) is 0 Å². The number of thiophene rings is 1. The van der Waals surface area contributed by atoms with Crippen LogP contribution >= 0.6 is 43.2 Å². The summed E-state index contributed by atoms with van der Waals surface area (Å²) >= 11 is 8.50. The zero-order chi connectivity index (χ0) is 11.7. The first-order chi connectivity index (χ1) is 7.58. The van der Waals surface area contributed by atoms with Crippen LogP contribution in [-0.4, -0.2) is 5.11 Å². The van der Waals surface area contributed by atoms with Gasteiger partial charge in [0.2, 0.25) is 0 Å². The van der Waals surface area contributed by atoms with Gasteiger partial charge in [-0.2, -0.15) is 0 Å². The van der Waals surface area contributed by atoms with Gasteiger partial charge in [0.25, 0.3) is 0 Å². The molecule has 0 radical (unpaired) electrons. The summed E-state index contributed by atoms with van der Waals surface area (Å²) in [5.41, 5.74) is 1.85. The molecule has 4 heteroatoms. The molecule has 0 saturated carbocycles. The zero-order valence-corrected chi connectivity index (χ0v) is 12.6. The second-order valence-electron chi connectivity index (χ2n) is 3.57. The molecule has 0 spiro atoms. The first kappa shape index (κ1) is 12.3. The van der Waals surface area contributed by atoms with Crippen LogP contribution < -0.4 is 0 Å². The predicted molar refractivity (Wildman–Crippen MR) is 75.0 cm³/mol. The summed E-state index contributed by atoms with van der Waals surface area (Å²) in [7, 11) is 0. The third kappa shape index (κ3) is 2.56. The summed E-state index contributed by atoms with van der Waals surface area (Å²) in [4.78, 5) is 1.21. The smallest absolute Gasteiger partial charge is 0.105 e. The Labute approximate surface area is 115 Å². The quantitative estimate of drug-likeness (QED) is 0.824. The van der Waals surface area contributed by atoms with Gasteiger partial charge in [-0.15, -0.1) is 11.3 Å². The molecule has 0 aliphatic rings. The average Bonchev–Trinajstić information content (AvgIpc) is 2.68. The first-order valence-corrected chi connectivity index (χ1v) is 7.22. The van der Waals surface area contributed by atoms with E-state index in [1.807, 2.05) is 36.6 Å². The Morgan fingerprint density at radius 1 is 1.12 bits per heavy atom. The lowest BCUT2D eigenvalue weighted by atomic mass is 10.0. The number of hydrogen-bond acceptors (Lipinski definition) is 2. The second-order valence-corrected chi connectivity index (χ2v) is 6.39. The Morgan fingerprint density at radius 3 is 2.44 bits per heavy atom. The van der Waals surface area contributed by atoms with Crippen LogP contribution in [-0.2, 0) is 0 Å². The Hall–Kier alpha value is -0.160. The van der Waals surface area contributed by atoms with Crippen LogP contribution in [0.15, 0.2) is 38.6 Å². The lowest BCUT2D eigenvalue weighted by Gasteiger charge is -2.10. The van der Waals surface area contributed by atoms with Gasteiger partial charge >= 0.3 is 0 Å². The molecule has 16 heavy (non-hydrogen) atoms. The van der Waals surface area contributed by atoms with Crippen molar-refractivity contribution in [3.63, 3.8) is 0 Å². The number of aliphatic hydroxyl groups is 1. The third-order valence-corrected chi connectivity index (χ3v) is 5.09. The standard InChI is InChI=1S/C12H10Br2OS/c1-7-4-9(6-16-7)12(15)8-2-3-10(13)11(14)5-8/h2-6,12,15H,1H3. The molecule has 1 aromatic heterocycles. The van der Waals surface area contributed by atoms with Gasteiger partial charge in [0.1, 0.15) is 6.10 Å². The molecule has 1 heterocycles. The molecule has 1 N–H and O–H groups in total. The van der Waals surface area contributed by atoms with Gasteiger partial charge in [-0.1, -0.05) is 6.07 Å². The summed E-state index contributed by atoms with van der Waals surface area (Å²) < 4.78 is 1.95. The van der Waals surface area contributed by atoms with Crippen LogP contribution in [0.5, 0.6) is 0 Å². The molecule has 1 nitrogen and oxygen atoms in total. The van der Waals surface area contributed by atoms with E-state index in [1.165, 1.54) is 4.88 Å². The van der Waals surface area contributed by atoms with E-state index in [9.17, 15) is 5.11 Å². The number of halogens is 2. The molecule has 84 valence electrons. The fourth-order valence-electron chi connectivity index (χ4n) is 1.48. The van der Waals surface area contributed by atoms with Gasteiger partial charge in [-0.3, -0.25) is 0 Å². The van der Waals surface area contributed by atoms with Crippen molar-refractivity contribution in [1.82, 2.24) is 0 Å². The first-order valence-electron chi connectivity index (χ1n) is 4.76. The lowest BCUT2D eigenvalue weighted by Crippen LogP contribution is -1.97. The van der Waals surface area contributed by atoms with Crippen molar-refractivity contribution < 1.29 is 5.11 Å². The topological polar surface area (TPSA) is 20.2 Å². The number of aliphatic hydroxyl groups excluding tert-OH is 1. The minimum Gasteiger partial charge on any atom is -0.384 e. The normalized spacial score (nSPS) is 12.8. The average molecular weight is 362 g/mol. The molecule has 0 aliphatic carbocycles.